The van der Waals surface area contributed by atoms with E-state index < -0.39 is 0 Å². The van der Waals surface area contributed by atoms with Crippen LogP contribution in [0.2, 0.25) is 0 Å². The predicted octanol–water partition coefficient (Wildman–Crippen LogP) is 7.06. The number of aromatic nitrogens is 1. The summed E-state index contributed by atoms with van der Waals surface area (Å²) >= 11 is 1.57. The second kappa shape index (κ2) is 7.02. The Balaban J connectivity index is 1.81. The molecule has 0 aliphatic carbocycles. The van der Waals surface area contributed by atoms with Crippen LogP contribution in [-0.4, -0.2) is 10.1 Å². The Morgan fingerprint density at radius 3 is 2.57 bits per heavy atom. The van der Waals surface area contributed by atoms with E-state index in [1.54, 1.807) is 35.7 Å². The fraction of sp³-hybridized carbons (Fsp3) is 0.208. The summed E-state index contributed by atoms with van der Waals surface area (Å²) in [4.78, 5) is 4.40. The highest BCUT2D eigenvalue weighted by Crippen LogP contribution is 2.38. The summed E-state index contributed by atoms with van der Waals surface area (Å²) in [6.45, 7) is 6.54. The van der Waals surface area contributed by atoms with Crippen molar-refractivity contribution in [2.75, 3.05) is 0 Å². The average molecular weight is 392 g/mol. The molecule has 0 aliphatic heterocycles. The third kappa shape index (κ3) is 3.65. The molecule has 0 bridgehead atoms. The van der Waals surface area contributed by atoms with Crippen molar-refractivity contribution in [3.8, 4) is 28.1 Å². The molecule has 0 spiro atoms. The van der Waals surface area contributed by atoms with Crippen LogP contribution in [0.3, 0.4) is 0 Å². The maximum atomic E-state index is 15.5. The summed E-state index contributed by atoms with van der Waals surface area (Å²) in [5.74, 6) is -0.287. The summed E-state index contributed by atoms with van der Waals surface area (Å²) in [7, 11) is 0. The minimum Gasteiger partial charge on any atom is -0.507 e. The van der Waals surface area contributed by atoms with Gasteiger partial charge in [-0.25, -0.2) is 4.39 Å². The number of fused-ring (bicyclic) bond motifs is 1. The van der Waals surface area contributed by atoms with Crippen molar-refractivity contribution in [2.24, 2.45) is 5.41 Å². The van der Waals surface area contributed by atoms with Gasteiger partial charge >= 0.3 is 0 Å². The molecule has 0 saturated heterocycles. The van der Waals surface area contributed by atoms with Gasteiger partial charge in [-0.15, -0.1) is 11.3 Å². The first-order chi connectivity index (χ1) is 13.3. The first-order valence-electron chi connectivity index (χ1n) is 9.26. The Kier molecular flexibility index (Phi) is 4.68. The Morgan fingerprint density at radius 2 is 1.79 bits per heavy atom. The number of phenols is 1. The summed E-state index contributed by atoms with van der Waals surface area (Å²) in [5.41, 5.74) is 3.20. The van der Waals surface area contributed by atoms with Crippen molar-refractivity contribution in [1.82, 2.24) is 4.98 Å². The van der Waals surface area contributed by atoms with Crippen LogP contribution >= 0.6 is 11.3 Å². The lowest BCUT2D eigenvalue weighted by atomic mass is 9.88. The molecule has 0 saturated carbocycles. The molecule has 28 heavy (non-hydrogen) atoms. The smallest absolute Gasteiger partial charge is 0.140 e. The number of rotatable bonds is 3. The normalized spacial score (nSPS) is 11.9. The molecule has 4 rings (SSSR count). The summed E-state index contributed by atoms with van der Waals surface area (Å²) in [6, 6.07) is 14.7. The fourth-order valence-corrected chi connectivity index (χ4v) is 4.31. The standard InChI is InChI=1S/C24H22FNOS/c1-24(2,3)14-15-7-9-26-20(11-15)18-6-4-5-17(23(18)25)19-13-22-16(8-10-28-22)12-21(19)27/h4-13,27H,14H2,1-3H3. The number of nitrogens with zero attached hydrogens (tertiary/aromatic N) is 1. The average Bonchev–Trinajstić information content (AvgIpc) is 3.07. The SMILES string of the molecule is CC(C)(C)Cc1ccnc(-c2cccc(-c3cc4sccc4cc3O)c2F)c1. The van der Waals surface area contributed by atoms with Gasteiger partial charge in [0.1, 0.15) is 11.6 Å². The Bertz CT molecular complexity index is 1160. The highest BCUT2D eigenvalue weighted by molar-refractivity contribution is 7.17. The maximum Gasteiger partial charge on any atom is 0.140 e. The van der Waals surface area contributed by atoms with Crippen LogP contribution in [0.4, 0.5) is 4.39 Å². The summed E-state index contributed by atoms with van der Waals surface area (Å²) in [6.07, 6.45) is 2.62. The van der Waals surface area contributed by atoms with Gasteiger partial charge in [0.2, 0.25) is 0 Å². The quantitative estimate of drug-likeness (QED) is 0.405. The van der Waals surface area contributed by atoms with Crippen LogP contribution in [0, 0.1) is 11.2 Å². The molecule has 2 aromatic carbocycles. The number of benzene rings is 2. The van der Waals surface area contributed by atoms with Crippen LogP contribution in [-0.2, 0) is 6.42 Å². The van der Waals surface area contributed by atoms with Gasteiger partial charge in [-0.1, -0.05) is 32.9 Å². The molecule has 0 unspecified atom stereocenters. The fourth-order valence-electron chi connectivity index (χ4n) is 3.49. The van der Waals surface area contributed by atoms with Crippen molar-refractivity contribution < 1.29 is 9.50 Å². The molecule has 0 radical (unpaired) electrons. The van der Waals surface area contributed by atoms with E-state index in [4.69, 9.17) is 0 Å². The number of phenolic OH excluding ortho intramolecular Hbond substituents is 1. The van der Waals surface area contributed by atoms with Gasteiger partial charge in [-0.2, -0.15) is 0 Å². The van der Waals surface area contributed by atoms with Crippen molar-refractivity contribution in [1.29, 1.82) is 0 Å². The van der Waals surface area contributed by atoms with E-state index in [9.17, 15) is 5.11 Å². The van der Waals surface area contributed by atoms with Gasteiger partial charge in [0.25, 0.3) is 0 Å². The molecule has 2 heterocycles. The molecule has 0 fully saturated rings. The van der Waals surface area contributed by atoms with Crippen molar-refractivity contribution in [2.45, 2.75) is 27.2 Å². The van der Waals surface area contributed by atoms with Gasteiger partial charge in [-0.05, 0) is 64.6 Å². The zero-order chi connectivity index (χ0) is 19.9. The van der Waals surface area contributed by atoms with Gasteiger partial charge < -0.3 is 5.11 Å². The zero-order valence-electron chi connectivity index (χ0n) is 16.2. The lowest BCUT2D eigenvalue weighted by Crippen LogP contribution is -2.09. The highest BCUT2D eigenvalue weighted by atomic mass is 32.1. The summed E-state index contributed by atoms with van der Waals surface area (Å²) < 4.78 is 16.5. The summed E-state index contributed by atoms with van der Waals surface area (Å²) in [5, 5.41) is 13.4. The predicted molar refractivity (Wildman–Crippen MR) is 115 cm³/mol. The van der Waals surface area contributed by atoms with Crippen LogP contribution < -0.4 is 0 Å². The molecule has 142 valence electrons. The third-order valence-corrected chi connectivity index (χ3v) is 5.57. The molecule has 4 heteroatoms. The number of hydrogen-bond donors (Lipinski definition) is 1. The largest absolute Gasteiger partial charge is 0.507 e. The molecule has 2 aromatic heterocycles. The molecular formula is C24H22FNOS. The van der Waals surface area contributed by atoms with E-state index in [1.165, 1.54) is 0 Å². The minimum absolute atomic E-state index is 0.0800. The van der Waals surface area contributed by atoms with E-state index in [2.05, 4.69) is 25.8 Å². The van der Waals surface area contributed by atoms with Gasteiger partial charge in [-0.3, -0.25) is 4.98 Å². The highest BCUT2D eigenvalue weighted by Gasteiger charge is 2.17. The number of thiophene rings is 1. The number of hydrogen-bond acceptors (Lipinski definition) is 3. The molecule has 0 amide bonds. The van der Waals surface area contributed by atoms with Crippen LogP contribution in [0.5, 0.6) is 5.75 Å². The Morgan fingerprint density at radius 1 is 1.00 bits per heavy atom. The molecule has 1 N–H and O–H groups in total. The topological polar surface area (TPSA) is 33.1 Å². The van der Waals surface area contributed by atoms with E-state index in [0.717, 1.165) is 22.1 Å². The second-order valence-corrected chi connectivity index (χ2v) is 9.23. The monoisotopic (exact) mass is 391 g/mol. The van der Waals surface area contributed by atoms with Crippen LogP contribution in [0.15, 0.2) is 60.1 Å². The second-order valence-electron chi connectivity index (χ2n) is 8.28. The van der Waals surface area contributed by atoms with E-state index in [0.29, 0.717) is 22.4 Å². The molecular weight excluding hydrogens is 369 g/mol. The van der Waals surface area contributed by atoms with Crippen LogP contribution in [0.1, 0.15) is 26.3 Å². The Hall–Kier alpha value is -2.72. The minimum atomic E-state index is -0.367. The van der Waals surface area contributed by atoms with E-state index in [-0.39, 0.29) is 17.0 Å². The lowest BCUT2D eigenvalue weighted by Gasteiger charge is -2.18. The lowest BCUT2D eigenvalue weighted by molar-refractivity contribution is 0.411. The number of pyridine rings is 1. The van der Waals surface area contributed by atoms with Crippen LogP contribution in [0.25, 0.3) is 32.5 Å². The van der Waals surface area contributed by atoms with Crippen molar-refractivity contribution in [3.05, 3.63) is 71.5 Å². The number of aromatic hydroxyl groups is 1. The van der Waals surface area contributed by atoms with Crippen molar-refractivity contribution in [3.63, 3.8) is 0 Å². The van der Waals surface area contributed by atoms with E-state index in [1.807, 2.05) is 35.7 Å². The maximum absolute atomic E-state index is 15.5. The first kappa shape index (κ1) is 18.6. The zero-order valence-corrected chi connectivity index (χ0v) is 17.0. The number of halogens is 1. The molecule has 0 aliphatic rings. The molecule has 4 aromatic rings. The van der Waals surface area contributed by atoms with E-state index >= 15 is 4.39 Å². The van der Waals surface area contributed by atoms with Gasteiger partial charge in [0.15, 0.2) is 0 Å². The van der Waals surface area contributed by atoms with Crippen molar-refractivity contribution >= 4 is 21.4 Å². The van der Waals surface area contributed by atoms with Gasteiger partial charge in [0.05, 0.1) is 5.69 Å². The first-order valence-corrected chi connectivity index (χ1v) is 10.1. The van der Waals surface area contributed by atoms with Gasteiger partial charge in [0, 0.05) is 27.6 Å². The molecule has 0 atom stereocenters. The molecule has 2 nitrogen and oxygen atoms in total. The third-order valence-electron chi connectivity index (χ3n) is 4.69. The Labute approximate surface area is 168 Å².